The Morgan fingerprint density at radius 2 is 2.05 bits per heavy atom. The van der Waals surface area contributed by atoms with Crippen molar-refractivity contribution in [3.63, 3.8) is 0 Å². The number of aromatic nitrogens is 2. The van der Waals surface area contributed by atoms with E-state index in [0.717, 1.165) is 0 Å². The van der Waals surface area contributed by atoms with E-state index in [1.165, 1.54) is 28.9 Å². The van der Waals surface area contributed by atoms with Gasteiger partial charge in [-0.05, 0) is 38.1 Å². The largest absolute Gasteiger partial charge is 0.321 e. The van der Waals surface area contributed by atoms with Gasteiger partial charge in [0.2, 0.25) is 0 Å². The van der Waals surface area contributed by atoms with Crippen molar-refractivity contribution in [1.82, 2.24) is 9.78 Å². The summed E-state index contributed by atoms with van der Waals surface area (Å²) in [5, 5.41) is 7.17. The van der Waals surface area contributed by atoms with E-state index >= 15 is 0 Å². The highest BCUT2D eigenvalue weighted by Gasteiger charge is 2.19. The maximum atomic E-state index is 12.8. The van der Waals surface area contributed by atoms with Gasteiger partial charge >= 0.3 is 0 Å². The Morgan fingerprint density at radius 3 is 2.63 bits per heavy atom. The fourth-order valence-corrected chi connectivity index (χ4v) is 1.95. The van der Waals surface area contributed by atoms with E-state index in [9.17, 15) is 9.18 Å². The highest BCUT2D eigenvalue weighted by atomic mass is 35.5. The van der Waals surface area contributed by atoms with Gasteiger partial charge in [0.15, 0.2) is 0 Å². The SMILES string of the molecule is CCn1nc(C)c(Cl)c1C(=O)Nc1ccc(F)cc1. The summed E-state index contributed by atoms with van der Waals surface area (Å²) in [6.45, 7) is 4.15. The van der Waals surface area contributed by atoms with Crippen LogP contribution in [-0.4, -0.2) is 15.7 Å². The lowest BCUT2D eigenvalue weighted by atomic mass is 10.3. The molecule has 0 atom stereocenters. The number of hydrogen-bond acceptors (Lipinski definition) is 2. The van der Waals surface area contributed by atoms with Crippen LogP contribution < -0.4 is 5.32 Å². The highest BCUT2D eigenvalue weighted by Crippen LogP contribution is 2.21. The zero-order valence-electron chi connectivity index (χ0n) is 10.6. The molecule has 1 amide bonds. The molecule has 0 saturated heterocycles. The molecule has 1 heterocycles. The lowest BCUT2D eigenvalue weighted by Crippen LogP contribution is -2.17. The summed E-state index contributed by atoms with van der Waals surface area (Å²) in [5.74, 6) is -0.718. The highest BCUT2D eigenvalue weighted by molar-refractivity contribution is 6.34. The van der Waals surface area contributed by atoms with Crippen molar-refractivity contribution in [2.75, 3.05) is 5.32 Å². The average molecular weight is 282 g/mol. The number of nitrogens with zero attached hydrogens (tertiary/aromatic N) is 2. The standard InChI is InChI=1S/C13H13ClFN3O/c1-3-18-12(11(14)8(2)17-18)13(19)16-10-6-4-9(15)5-7-10/h4-7H,3H2,1-2H3,(H,16,19). The second-order valence-electron chi connectivity index (χ2n) is 4.02. The molecule has 0 fully saturated rings. The molecule has 0 aliphatic heterocycles. The third-order valence-corrected chi connectivity index (χ3v) is 3.12. The van der Waals surface area contributed by atoms with Crippen LogP contribution in [0.2, 0.25) is 5.02 Å². The summed E-state index contributed by atoms with van der Waals surface area (Å²) in [6, 6.07) is 5.53. The predicted octanol–water partition coefficient (Wildman–Crippen LogP) is 3.26. The normalized spacial score (nSPS) is 10.5. The molecular formula is C13H13ClFN3O. The van der Waals surface area contributed by atoms with Crippen LogP contribution >= 0.6 is 11.6 Å². The van der Waals surface area contributed by atoms with E-state index in [2.05, 4.69) is 10.4 Å². The van der Waals surface area contributed by atoms with E-state index in [0.29, 0.717) is 28.6 Å². The zero-order chi connectivity index (χ0) is 14.0. The molecule has 0 saturated carbocycles. The average Bonchev–Trinajstić information content (AvgIpc) is 2.68. The summed E-state index contributed by atoms with van der Waals surface area (Å²) in [5.41, 5.74) is 1.42. The fraction of sp³-hybridized carbons (Fsp3) is 0.231. The van der Waals surface area contributed by atoms with Gasteiger partial charge in [-0.1, -0.05) is 11.6 Å². The number of benzene rings is 1. The van der Waals surface area contributed by atoms with Crippen molar-refractivity contribution < 1.29 is 9.18 Å². The molecule has 1 aromatic carbocycles. The van der Waals surface area contributed by atoms with Gasteiger partial charge in [-0.25, -0.2) is 4.39 Å². The first kappa shape index (κ1) is 13.5. The van der Waals surface area contributed by atoms with E-state index in [1.54, 1.807) is 6.92 Å². The smallest absolute Gasteiger partial charge is 0.275 e. The zero-order valence-corrected chi connectivity index (χ0v) is 11.3. The van der Waals surface area contributed by atoms with Gasteiger partial charge in [-0.3, -0.25) is 9.48 Å². The van der Waals surface area contributed by atoms with Crippen LogP contribution in [0.1, 0.15) is 23.1 Å². The number of anilines is 1. The van der Waals surface area contributed by atoms with Crippen molar-refractivity contribution in [2.24, 2.45) is 0 Å². The number of carbonyl (C=O) groups is 1. The third kappa shape index (κ3) is 2.76. The molecule has 0 spiro atoms. The molecule has 19 heavy (non-hydrogen) atoms. The maximum Gasteiger partial charge on any atom is 0.275 e. The van der Waals surface area contributed by atoms with Crippen LogP contribution in [-0.2, 0) is 6.54 Å². The van der Waals surface area contributed by atoms with Gasteiger partial charge in [-0.15, -0.1) is 0 Å². The van der Waals surface area contributed by atoms with Crippen LogP contribution in [0.5, 0.6) is 0 Å². The summed E-state index contributed by atoms with van der Waals surface area (Å²) in [4.78, 5) is 12.2. The van der Waals surface area contributed by atoms with E-state index in [1.807, 2.05) is 6.92 Å². The maximum absolute atomic E-state index is 12.8. The van der Waals surface area contributed by atoms with Gasteiger partial charge in [0.1, 0.15) is 11.5 Å². The Labute approximate surface area is 115 Å². The van der Waals surface area contributed by atoms with Crippen molar-refractivity contribution in [1.29, 1.82) is 0 Å². The molecular weight excluding hydrogens is 269 g/mol. The molecule has 0 aliphatic carbocycles. The number of amides is 1. The summed E-state index contributed by atoms with van der Waals surface area (Å²) < 4.78 is 14.3. The lowest BCUT2D eigenvalue weighted by molar-refractivity contribution is 0.101. The Kier molecular flexibility index (Phi) is 3.85. The topological polar surface area (TPSA) is 46.9 Å². The predicted molar refractivity (Wildman–Crippen MR) is 72.0 cm³/mol. The van der Waals surface area contributed by atoms with E-state index < -0.39 is 0 Å². The molecule has 100 valence electrons. The van der Waals surface area contributed by atoms with Gasteiger partial charge in [0.25, 0.3) is 5.91 Å². The molecule has 1 aromatic heterocycles. The number of halogens is 2. The minimum Gasteiger partial charge on any atom is -0.321 e. The van der Waals surface area contributed by atoms with Crippen LogP contribution in [0.15, 0.2) is 24.3 Å². The van der Waals surface area contributed by atoms with Gasteiger partial charge in [0, 0.05) is 12.2 Å². The number of carbonyl (C=O) groups excluding carboxylic acids is 1. The van der Waals surface area contributed by atoms with Crippen molar-refractivity contribution in [2.45, 2.75) is 20.4 Å². The van der Waals surface area contributed by atoms with Gasteiger partial charge in [0.05, 0.1) is 10.7 Å². The number of nitrogens with one attached hydrogen (secondary N) is 1. The van der Waals surface area contributed by atoms with Gasteiger partial charge in [-0.2, -0.15) is 5.10 Å². The quantitative estimate of drug-likeness (QED) is 0.939. The summed E-state index contributed by atoms with van der Waals surface area (Å²) >= 11 is 6.07. The van der Waals surface area contributed by atoms with Gasteiger partial charge < -0.3 is 5.32 Å². The van der Waals surface area contributed by atoms with E-state index in [-0.39, 0.29) is 11.7 Å². The number of hydrogen-bond donors (Lipinski definition) is 1. The first-order chi connectivity index (χ1) is 9.02. The molecule has 4 nitrogen and oxygen atoms in total. The Hall–Kier alpha value is -1.88. The molecule has 0 unspecified atom stereocenters. The fourth-order valence-electron chi connectivity index (χ4n) is 1.73. The lowest BCUT2D eigenvalue weighted by Gasteiger charge is -2.07. The molecule has 0 radical (unpaired) electrons. The first-order valence-electron chi connectivity index (χ1n) is 5.82. The van der Waals surface area contributed by atoms with Crippen LogP contribution in [0.4, 0.5) is 10.1 Å². The summed E-state index contributed by atoms with van der Waals surface area (Å²) in [7, 11) is 0. The number of rotatable bonds is 3. The Bertz CT molecular complexity index is 607. The molecule has 2 rings (SSSR count). The van der Waals surface area contributed by atoms with Crippen LogP contribution in [0.3, 0.4) is 0 Å². The Balaban J connectivity index is 2.27. The minimum absolute atomic E-state index is 0.311. The molecule has 0 aliphatic rings. The summed E-state index contributed by atoms with van der Waals surface area (Å²) in [6.07, 6.45) is 0. The van der Waals surface area contributed by atoms with E-state index in [4.69, 9.17) is 11.6 Å². The molecule has 2 aromatic rings. The van der Waals surface area contributed by atoms with Crippen molar-refractivity contribution in [3.8, 4) is 0 Å². The van der Waals surface area contributed by atoms with Crippen LogP contribution in [0.25, 0.3) is 0 Å². The monoisotopic (exact) mass is 281 g/mol. The number of aryl methyl sites for hydroxylation is 2. The third-order valence-electron chi connectivity index (χ3n) is 2.67. The second-order valence-corrected chi connectivity index (χ2v) is 4.40. The van der Waals surface area contributed by atoms with Crippen molar-refractivity contribution in [3.05, 3.63) is 46.5 Å². The molecule has 1 N–H and O–H groups in total. The second kappa shape index (κ2) is 5.40. The minimum atomic E-state index is -0.362. The van der Waals surface area contributed by atoms with Crippen LogP contribution in [0, 0.1) is 12.7 Å². The Morgan fingerprint density at radius 1 is 1.42 bits per heavy atom. The van der Waals surface area contributed by atoms with Crippen molar-refractivity contribution >= 4 is 23.2 Å². The molecule has 0 bridgehead atoms. The first-order valence-corrected chi connectivity index (χ1v) is 6.20. The molecule has 6 heteroatoms.